The lowest BCUT2D eigenvalue weighted by Crippen LogP contribution is -2.17. The van der Waals surface area contributed by atoms with E-state index >= 15 is 0 Å². The topological polar surface area (TPSA) is 12.5 Å². The first kappa shape index (κ1) is 12.2. The van der Waals surface area contributed by atoms with Gasteiger partial charge in [0, 0.05) is 24.8 Å². The third-order valence-corrected chi connectivity index (χ3v) is 2.96. The summed E-state index contributed by atoms with van der Waals surface area (Å²) in [5.74, 6) is 0.518. The summed E-state index contributed by atoms with van der Waals surface area (Å²) in [5.41, 5.74) is 0.969. The molecule has 0 aromatic heterocycles. The lowest BCUT2D eigenvalue weighted by Gasteiger charge is -2.18. The lowest BCUT2D eigenvalue weighted by molar-refractivity contribution is 0.259. The molecule has 1 fully saturated rings. The average Bonchev–Trinajstić information content (AvgIpc) is 2.80. The van der Waals surface area contributed by atoms with Crippen molar-refractivity contribution in [1.82, 2.24) is 0 Å². The number of nitrogens with zero attached hydrogens (tertiary/aromatic N) is 1. The Labute approximate surface area is 102 Å². The fraction of sp³-hybridized carbons (Fsp3) is 0.571. The van der Waals surface area contributed by atoms with Gasteiger partial charge in [0.2, 0.25) is 0 Å². The first-order valence-electron chi connectivity index (χ1n) is 6.34. The molecule has 0 bridgehead atoms. The number of hydrogen-bond donors (Lipinski definition) is 0. The van der Waals surface area contributed by atoms with Crippen LogP contribution in [0.25, 0.3) is 0 Å². The highest BCUT2D eigenvalue weighted by Gasteiger charge is 2.14. The van der Waals surface area contributed by atoms with Crippen molar-refractivity contribution < 1.29 is 9.13 Å². The first-order chi connectivity index (χ1) is 8.16. The predicted molar refractivity (Wildman–Crippen MR) is 68.2 cm³/mol. The standard InChI is InChI=1S/C14H20FNO/c1-11(2)10-17-14-6-5-12(9-13(14)15)16-7-3-4-8-16/h5-6,9,11H,3-4,7-8,10H2,1-2H3. The van der Waals surface area contributed by atoms with Crippen molar-refractivity contribution >= 4 is 5.69 Å². The molecule has 94 valence electrons. The van der Waals surface area contributed by atoms with E-state index in [1.165, 1.54) is 12.8 Å². The molecule has 0 spiro atoms. The zero-order valence-electron chi connectivity index (χ0n) is 10.6. The van der Waals surface area contributed by atoms with Crippen molar-refractivity contribution in [3.8, 4) is 5.75 Å². The maximum atomic E-state index is 13.8. The van der Waals surface area contributed by atoms with Gasteiger partial charge in [0.1, 0.15) is 0 Å². The van der Waals surface area contributed by atoms with E-state index in [-0.39, 0.29) is 5.82 Å². The van der Waals surface area contributed by atoms with Gasteiger partial charge in [0.25, 0.3) is 0 Å². The quantitative estimate of drug-likeness (QED) is 0.795. The second kappa shape index (κ2) is 5.39. The van der Waals surface area contributed by atoms with E-state index in [2.05, 4.69) is 18.7 Å². The van der Waals surface area contributed by atoms with E-state index in [0.29, 0.717) is 18.3 Å². The van der Waals surface area contributed by atoms with Crippen LogP contribution in [0.15, 0.2) is 18.2 Å². The molecule has 1 aliphatic heterocycles. The van der Waals surface area contributed by atoms with Crippen molar-refractivity contribution in [3.63, 3.8) is 0 Å². The third-order valence-electron chi connectivity index (χ3n) is 2.96. The normalized spacial score (nSPS) is 15.6. The van der Waals surface area contributed by atoms with E-state index in [4.69, 9.17) is 4.74 Å². The van der Waals surface area contributed by atoms with Crippen molar-refractivity contribution in [2.75, 3.05) is 24.6 Å². The third kappa shape index (κ3) is 3.11. The van der Waals surface area contributed by atoms with Gasteiger partial charge in [-0.05, 0) is 30.9 Å². The summed E-state index contributed by atoms with van der Waals surface area (Å²) in [4.78, 5) is 2.22. The van der Waals surface area contributed by atoms with Gasteiger partial charge in [0.15, 0.2) is 11.6 Å². The Bertz CT molecular complexity index is 372. The van der Waals surface area contributed by atoms with Gasteiger partial charge in [-0.3, -0.25) is 0 Å². The van der Waals surface area contributed by atoms with Crippen LogP contribution in [0, 0.1) is 11.7 Å². The second-order valence-electron chi connectivity index (χ2n) is 5.01. The minimum atomic E-state index is -0.255. The van der Waals surface area contributed by atoms with Crippen LogP contribution in [0.3, 0.4) is 0 Å². The number of benzene rings is 1. The van der Waals surface area contributed by atoms with Gasteiger partial charge in [-0.2, -0.15) is 0 Å². The number of hydrogen-bond acceptors (Lipinski definition) is 2. The smallest absolute Gasteiger partial charge is 0.167 e. The number of anilines is 1. The van der Waals surface area contributed by atoms with Gasteiger partial charge in [-0.15, -0.1) is 0 Å². The summed E-state index contributed by atoms with van der Waals surface area (Å²) < 4.78 is 19.2. The zero-order valence-corrected chi connectivity index (χ0v) is 10.6. The molecule has 2 nitrogen and oxygen atoms in total. The van der Waals surface area contributed by atoms with Gasteiger partial charge in [0.05, 0.1) is 6.61 Å². The second-order valence-corrected chi connectivity index (χ2v) is 5.01. The van der Waals surface area contributed by atoms with Crippen molar-refractivity contribution in [1.29, 1.82) is 0 Å². The molecule has 1 saturated heterocycles. The number of halogens is 1. The van der Waals surface area contributed by atoms with Crippen LogP contribution in [0.2, 0.25) is 0 Å². The Hall–Kier alpha value is -1.25. The predicted octanol–water partition coefficient (Wildman–Crippen LogP) is 3.46. The average molecular weight is 237 g/mol. The molecule has 3 heteroatoms. The molecule has 0 N–H and O–H groups in total. The maximum absolute atomic E-state index is 13.8. The Kier molecular flexibility index (Phi) is 3.87. The largest absolute Gasteiger partial charge is 0.490 e. The molecule has 0 unspecified atom stereocenters. The highest BCUT2D eigenvalue weighted by molar-refractivity contribution is 5.50. The van der Waals surface area contributed by atoms with Crippen molar-refractivity contribution in [2.45, 2.75) is 26.7 Å². The molecule has 0 saturated carbocycles. The van der Waals surface area contributed by atoms with Crippen LogP contribution >= 0.6 is 0 Å². The Balaban J connectivity index is 2.05. The minimum absolute atomic E-state index is 0.255. The van der Waals surface area contributed by atoms with E-state index in [9.17, 15) is 4.39 Å². The van der Waals surface area contributed by atoms with Gasteiger partial charge in [-0.1, -0.05) is 13.8 Å². The minimum Gasteiger partial charge on any atom is -0.490 e. The molecule has 0 radical (unpaired) electrons. The van der Waals surface area contributed by atoms with Crippen LogP contribution in [-0.4, -0.2) is 19.7 Å². The first-order valence-corrected chi connectivity index (χ1v) is 6.34. The number of ether oxygens (including phenoxy) is 1. The van der Waals surface area contributed by atoms with Crippen LogP contribution in [0.4, 0.5) is 10.1 Å². The van der Waals surface area contributed by atoms with Crippen LogP contribution < -0.4 is 9.64 Å². The van der Waals surface area contributed by atoms with E-state index in [1.54, 1.807) is 12.1 Å². The molecule has 17 heavy (non-hydrogen) atoms. The fourth-order valence-corrected chi connectivity index (χ4v) is 2.04. The molecule has 1 aromatic carbocycles. The molecule has 1 aliphatic rings. The molecular formula is C14H20FNO. The van der Waals surface area contributed by atoms with E-state index < -0.39 is 0 Å². The monoisotopic (exact) mass is 237 g/mol. The lowest BCUT2D eigenvalue weighted by atomic mass is 10.2. The highest BCUT2D eigenvalue weighted by atomic mass is 19.1. The molecule has 0 atom stereocenters. The molecule has 2 rings (SSSR count). The summed E-state index contributed by atoms with van der Waals surface area (Å²) in [6, 6.07) is 5.27. The summed E-state index contributed by atoms with van der Waals surface area (Å²) in [5, 5.41) is 0. The molecular weight excluding hydrogens is 217 g/mol. The molecule has 1 aromatic rings. The van der Waals surface area contributed by atoms with Crippen LogP contribution in [-0.2, 0) is 0 Å². The Morgan fingerprint density at radius 1 is 1.29 bits per heavy atom. The summed E-state index contributed by atoms with van der Waals surface area (Å²) in [7, 11) is 0. The van der Waals surface area contributed by atoms with Crippen LogP contribution in [0.1, 0.15) is 26.7 Å². The molecule has 0 amide bonds. The number of rotatable bonds is 4. The van der Waals surface area contributed by atoms with Crippen molar-refractivity contribution in [2.24, 2.45) is 5.92 Å². The van der Waals surface area contributed by atoms with Gasteiger partial charge in [-0.25, -0.2) is 4.39 Å². The Morgan fingerprint density at radius 3 is 2.59 bits per heavy atom. The van der Waals surface area contributed by atoms with Crippen LogP contribution in [0.5, 0.6) is 5.75 Å². The zero-order chi connectivity index (χ0) is 12.3. The Morgan fingerprint density at radius 2 is 2.00 bits per heavy atom. The molecule has 1 heterocycles. The van der Waals surface area contributed by atoms with Gasteiger partial charge >= 0.3 is 0 Å². The van der Waals surface area contributed by atoms with Gasteiger partial charge < -0.3 is 9.64 Å². The summed E-state index contributed by atoms with van der Waals surface area (Å²) in [6.45, 7) is 6.73. The van der Waals surface area contributed by atoms with E-state index in [1.807, 2.05) is 6.07 Å². The molecule has 0 aliphatic carbocycles. The summed E-state index contributed by atoms with van der Waals surface area (Å²) >= 11 is 0. The SMILES string of the molecule is CC(C)COc1ccc(N2CCCC2)cc1F. The highest BCUT2D eigenvalue weighted by Crippen LogP contribution is 2.26. The maximum Gasteiger partial charge on any atom is 0.167 e. The summed E-state index contributed by atoms with van der Waals surface area (Å²) in [6.07, 6.45) is 2.40. The fourth-order valence-electron chi connectivity index (χ4n) is 2.04. The van der Waals surface area contributed by atoms with Crippen molar-refractivity contribution in [3.05, 3.63) is 24.0 Å². The van der Waals surface area contributed by atoms with E-state index in [0.717, 1.165) is 18.8 Å².